The average Bonchev–Trinajstić information content (AvgIpc) is 2.40. The van der Waals surface area contributed by atoms with E-state index in [0.29, 0.717) is 6.61 Å². The lowest BCUT2D eigenvalue weighted by molar-refractivity contribution is 0.344. The molecule has 0 aliphatic rings. The van der Waals surface area contributed by atoms with Crippen molar-refractivity contribution in [3.63, 3.8) is 0 Å². The highest BCUT2D eigenvalue weighted by Crippen LogP contribution is 2.30. The molecule has 2 aromatic heterocycles. The van der Waals surface area contributed by atoms with Crippen molar-refractivity contribution in [2.24, 2.45) is 0 Å². The maximum atomic E-state index is 11.4. The van der Waals surface area contributed by atoms with Gasteiger partial charge in [0, 0.05) is 23.0 Å². The quantitative estimate of drug-likeness (QED) is 0.700. The molecule has 18 heavy (non-hydrogen) atoms. The van der Waals surface area contributed by atoms with Crippen LogP contribution in [0, 0.1) is 0 Å². The van der Waals surface area contributed by atoms with Crippen LogP contribution in [0.25, 0.3) is 21.8 Å². The summed E-state index contributed by atoms with van der Waals surface area (Å²) in [6.07, 6.45) is 1.72. The molecule has 3 rings (SSSR count). The first kappa shape index (κ1) is 10.8. The zero-order chi connectivity index (χ0) is 12.5. The van der Waals surface area contributed by atoms with Crippen molar-refractivity contribution in [3.8, 4) is 5.75 Å². The van der Waals surface area contributed by atoms with E-state index >= 15 is 0 Å². The van der Waals surface area contributed by atoms with Gasteiger partial charge in [0.1, 0.15) is 11.3 Å². The minimum Gasteiger partial charge on any atom is -0.492 e. The molecule has 4 nitrogen and oxygen atoms in total. The first-order chi connectivity index (χ1) is 8.79. The van der Waals surface area contributed by atoms with E-state index in [9.17, 15) is 4.79 Å². The van der Waals surface area contributed by atoms with E-state index in [1.54, 1.807) is 12.3 Å². The van der Waals surface area contributed by atoms with E-state index in [1.165, 1.54) is 6.07 Å². The fraction of sp³-hybridized carbons (Fsp3) is 0.143. The van der Waals surface area contributed by atoms with Gasteiger partial charge in [-0.1, -0.05) is 0 Å². The lowest BCUT2D eigenvalue weighted by Gasteiger charge is -2.09. The lowest BCUT2D eigenvalue weighted by Crippen LogP contribution is -2.03. The molecule has 0 spiro atoms. The van der Waals surface area contributed by atoms with Crippen LogP contribution in [-0.2, 0) is 0 Å². The lowest BCUT2D eigenvalue weighted by atomic mass is 10.1. The highest BCUT2D eigenvalue weighted by atomic mass is 16.5. The largest absolute Gasteiger partial charge is 0.492 e. The molecule has 1 aromatic carbocycles. The Morgan fingerprint density at radius 2 is 2.22 bits per heavy atom. The molecule has 0 aliphatic heterocycles. The Morgan fingerprint density at radius 1 is 1.33 bits per heavy atom. The van der Waals surface area contributed by atoms with E-state index in [4.69, 9.17) is 4.74 Å². The van der Waals surface area contributed by atoms with Gasteiger partial charge in [-0.2, -0.15) is 0 Å². The van der Waals surface area contributed by atoms with Crippen molar-refractivity contribution in [2.75, 3.05) is 6.61 Å². The van der Waals surface area contributed by atoms with E-state index in [2.05, 4.69) is 9.97 Å². The van der Waals surface area contributed by atoms with Gasteiger partial charge in [0.15, 0.2) is 0 Å². The highest BCUT2D eigenvalue weighted by molar-refractivity contribution is 6.06. The third-order valence-electron chi connectivity index (χ3n) is 2.85. The molecule has 3 aromatic rings. The second kappa shape index (κ2) is 4.14. The number of aromatic nitrogens is 2. The number of fused-ring (bicyclic) bond motifs is 3. The first-order valence-electron chi connectivity index (χ1n) is 5.83. The fourth-order valence-electron chi connectivity index (χ4n) is 2.11. The summed E-state index contributed by atoms with van der Waals surface area (Å²) in [5.74, 6) is 0.743. The molecule has 2 heterocycles. The second-order valence-electron chi connectivity index (χ2n) is 3.99. The van der Waals surface area contributed by atoms with Crippen LogP contribution >= 0.6 is 0 Å². The normalized spacial score (nSPS) is 10.9. The van der Waals surface area contributed by atoms with Gasteiger partial charge in [0.25, 0.3) is 0 Å². The summed E-state index contributed by atoms with van der Waals surface area (Å²) in [4.78, 5) is 18.6. The average molecular weight is 240 g/mol. The van der Waals surface area contributed by atoms with E-state index in [0.717, 1.165) is 27.6 Å². The van der Waals surface area contributed by atoms with Gasteiger partial charge in [-0.3, -0.25) is 9.78 Å². The van der Waals surface area contributed by atoms with E-state index < -0.39 is 0 Å². The predicted molar refractivity (Wildman–Crippen MR) is 71.0 cm³/mol. The maximum absolute atomic E-state index is 11.4. The van der Waals surface area contributed by atoms with Gasteiger partial charge in [0.05, 0.1) is 12.1 Å². The summed E-state index contributed by atoms with van der Waals surface area (Å²) in [6.45, 7) is 2.52. The van der Waals surface area contributed by atoms with E-state index in [-0.39, 0.29) is 5.56 Å². The van der Waals surface area contributed by atoms with Gasteiger partial charge in [-0.25, -0.2) is 0 Å². The predicted octanol–water partition coefficient (Wildman–Crippen LogP) is 2.48. The molecule has 0 bridgehead atoms. The molecule has 0 amide bonds. The number of nitrogens with zero attached hydrogens (tertiary/aromatic N) is 1. The minimum absolute atomic E-state index is 0.114. The van der Waals surface area contributed by atoms with Gasteiger partial charge >= 0.3 is 0 Å². The Kier molecular flexibility index (Phi) is 2.48. The van der Waals surface area contributed by atoms with Crippen LogP contribution in [0.3, 0.4) is 0 Å². The topological polar surface area (TPSA) is 55.0 Å². The summed E-state index contributed by atoms with van der Waals surface area (Å²) in [6, 6.07) is 9.00. The van der Waals surface area contributed by atoms with Crippen LogP contribution in [0.1, 0.15) is 6.92 Å². The van der Waals surface area contributed by atoms with Crippen molar-refractivity contribution >= 4 is 21.8 Å². The van der Waals surface area contributed by atoms with Crippen molar-refractivity contribution in [1.29, 1.82) is 0 Å². The Labute approximate surface area is 103 Å². The molecule has 4 heteroatoms. The van der Waals surface area contributed by atoms with Gasteiger partial charge in [0.2, 0.25) is 5.56 Å². The fourth-order valence-corrected chi connectivity index (χ4v) is 2.11. The Bertz CT molecular complexity index is 777. The molecular formula is C14H12N2O2. The molecule has 0 atom stereocenters. The third-order valence-corrected chi connectivity index (χ3v) is 2.85. The minimum atomic E-state index is -0.114. The molecule has 90 valence electrons. The number of ether oxygens (including phenoxy) is 1. The van der Waals surface area contributed by atoms with Crippen LogP contribution in [0.2, 0.25) is 0 Å². The number of rotatable bonds is 2. The summed E-state index contributed by atoms with van der Waals surface area (Å²) < 4.78 is 5.60. The zero-order valence-electron chi connectivity index (χ0n) is 9.93. The summed E-state index contributed by atoms with van der Waals surface area (Å²) in [5.41, 5.74) is 1.46. The number of benzene rings is 1. The number of hydrogen-bond donors (Lipinski definition) is 1. The SMILES string of the molecule is CCOc1cc2ccc(=O)[nH]c2c2cccnc12. The molecule has 0 radical (unpaired) electrons. The summed E-state index contributed by atoms with van der Waals surface area (Å²) >= 11 is 0. The molecule has 0 fully saturated rings. The standard InChI is InChI=1S/C14H12N2O2/c1-2-18-11-8-9-5-6-12(17)16-13(9)10-4-3-7-15-14(10)11/h3-8H,2H2,1H3,(H,16,17). The molecule has 1 N–H and O–H groups in total. The van der Waals surface area contributed by atoms with Crippen LogP contribution in [0.4, 0.5) is 0 Å². The second-order valence-corrected chi connectivity index (χ2v) is 3.99. The number of aromatic amines is 1. The van der Waals surface area contributed by atoms with Crippen LogP contribution < -0.4 is 10.3 Å². The number of hydrogen-bond acceptors (Lipinski definition) is 3. The van der Waals surface area contributed by atoms with Gasteiger partial charge < -0.3 is 9.72 Å². The Morgan fingerprint density at radius 3 is 3.06 bits per heavy atom. The van der Waals surface area contributed by atoms with Gasteiger partial charge in [-0.15, -0.1) is 0 Å². The summed E-state index contributed by atoms with van der Waals surface area (Å²) in [5, 5.41) is 1.84. The van der Waals surface area contributed by atoms with Crippen LogP contribution in [0.5, 0.6) is 5.75 Å². The zero-order valence-corrected chi connectivity index (χ0v) is 9.93. The Hall–Kier alpha value is -2.36. The van der Waals surface area contributed by atoms with Crippen molar-refractivity contribution in [3.05, 3.63) is 46.9 Å². The third kappa shape index (κ3) is 1.62. The maximum Gasteiger partial charge on any atom is 0.248 e. The van der Waals surface area contributed by atoms with Crippen molar-refractivity contribution in [1.82, 2.24) is 9.97 Å². The highest BCUT2D eigenvalue weighted by Gasteiger charge is 2.08. The monoisotopic (exact) mass is 240 g/mol. The molecule has 0 saturated carbocycles. The first-order valence-corrected chi connectivity index (χ1v) is 5.83. The van der Waals surface area contributed by atoms with Crippen LogP contribution in [0.15, 0.2) is 41.3 Å². The van der Waals surface area contributed by atoms with E-state index in [1.807, 2.05) is 25.1 Å². The van der Waals surface area contributed by atoms with Crippen LogP contribution in [-0.4, -0.2) is 16.6 Å². The van der Waals surface area contributed by atoms with Gasteiger partial charge in [-0.05, 0) is 31.2 Å². The molecule has 0 unspecified atom stereocenters. The molecule has 0 saturated heterocycles. The summed E-state index contributed by atoms with van der Waals surface area (Å²) in [7, 11) is 0. The molecular weight excluding hydrogens is 228 g/mol. The van der Waals surface area contributed by atoms with Crippen molar-refractivity contribution < 1.29 is 4.74 Å². The molecule has 0 aliphatic carbocycles. The number of nitrogens with one attached hydrogen (secondary N) is 1. The smallest absolute Gasteiger partial charge is 0.248 e. The number of pyridine rings is 2. The number of H-pyrrole nitrogens is 1. The van der Waals surface area contributed by atoms with Crippen molar-refractivity contribution in [2.45, 2.75) is 6.92 Å². The Balaban J connectivity index is 2.49.